The first-order chi connectivity index (χ1) is 16.1. The predicted octanol–water partition coefficient (Wildman–Crippen LogP) is 5.16. The highest BCUT2D eigenvalue weighted by molar-refractivity contribution is 7.99. The van der Waals surface area contributed by atoms with Crippen molar-refractivity contribution in [1.82, 2.24) is 5.32 Å². The number of amides is 2. The minimum Gasteiger partial charge on any atom is -0.449 e. The summed E-state index contributed by atoms with van der Waals surface area (Å²) in [6.45, 7) is 0.459. The summed E-state index contributed by atoms with van der Waals surface area (Å²) in [4.78, 5) is 27.1. The highest BCUT2D eigenvalue weighted by Gasteiger charge is 2.31. The number of hydrogen-bond donors (Lipinski definition) is 1. The molecule has 0 unspecified atom stereocenters. The Bertz CT molecular complexity index is 1020. The Hall–Kier alpha value is -2.80. The van der Waals surface area contributed by atoms with E-state index in [1.807, 2.05) is 11.8 Å². The van der Waals surface area contributed by atoms with E-state index in [-0.39, 0.29) is 23.8 Å². The molecule has 4 rings (SSSR count). The Balaban J connectivity index is 1.36. The van der Waals surface area contributed by atoms with E-state index in [1.54, 1.807) is 42.5 Å². The van der Waals surface area contributed by atoms with Crippen LogP contribution in [0, 0.1) is 5.82 Å². The van der Waals surface area contributed by atoms with E-state index in [0.717, 1.165) is 17.4 Å². The maximum Gasteiger partial charge on any atom is 0.294 e. The number of hydrogen-bond acceptors (Lipinski definition) is 4. The molecule has 0 saturated heterocycles. The normalized spacial score (nSPS) is 17.5. The minimum absolute atomic E-state index is 0.0181. The highest BCUT2D eigenvalue weighted by atomic mass is 32.2. The molecule has 0 radical (unpaired) electrons. The second-order valence-corrected chi connectivity index (χ2v) is 9.73. The van der Waals surface area contributed by atoms with Crippen LogP contribution in [0.25, 0.3) is 6.08 Å². The predicted molar refractivity (Wildman–Crippen MR) is 131 cm³/mol. The smallest absolute Gasteiger partial charge is 0.294 e. The van der Waals surface area contributed by atoms with Crippen LogP contribution in [-0.4, -0.2) is 35.9 Å². The summed E-state index contributed by atoms with van der Waals surface area (Å²) in [5.41, 5.74) is 0.774. The molecule has 1 N–H and O–H groups in total. The molecule has 2 aliphatic rings. The molecule has 7 heteroatoms. The van der Waals surface area contributed by atoms with Crippen molar-refractivity contribution in [3.8, 4) is 5.75 Å². The van der Waals surface area contributed by atoms with Crippen LogP contribution in [0.4, 0.5) is 10.1 Å². The molecule has 2 aromatic carbocycles. The van der Waals surface area contributed by atoms with E-state index in [9.17, 15) is 14.0 Å². The van der Waals surface area contributed by atoms with Gasteiger partial charge in [0, 0.05) is 17.4 Å². The van der Waals surface area contributed by atoms with Crippen LogP contribution < -0.4 is 15.0 Å². The Morgan fingerprint density at radius 3 is 2.70 bits per heavy atom. The SMILES string of the molecule is O=C(CN1C(=O)/C(=C\c2ccccc2F)Oc2ccccc21)NCCCSC1CCCCC1. The molecule has 1 aliphatic heterocycles. The van der Waals surface area contributed by atoms with Crippen LogP contribution >= 0.6 is 11.8 Å². The largest absolute Gasteiger partial charge is 0.449 e. The molecule has 1 fully saturated rings. The average molecular weight is 469 g/mol. The van der Waals surface area contributed by atoms with Crippen LogP contribution in [0.1, 0.15) is 44.1 Å². The number of carbonyl (C=O) groups is 2. The first kappa shape index (κ1) is 23.4. The second-order valence-electron chi connectivity index (χ2n) is 8.33. The van der Waals surface area contributed by atoms with Crippen LogP contribution in [0.2, 0.25) is 0 Å². The number of carbonyl (C=O) groups excluding carboxylic acids is 2. The fourth-order valence-corrected chi connectivity index (χ4v) is 5.44. The Morgan fingerprint density at radius 2 is 1.88 bits per heavy atom. The second kappa shape index (κ2) is 11.4. The number of anilines is 1. The summed E-state index contributed by atoms with van der Waals surface area (Å²) in [6, 6.07) is 13.2. The van der Waals surface area contributed by atoms with Crippen LogP contribution in [0.3, 0.4) is 0 Å². The molecule has 1 aliphatic carbocycles. The summed E-state index contributed by atoms with van der Waals surface area (Å²) >= 11 is 2.01. The van der Waals surface area contributed by atoms with Gasteiger partial charge in [0.15, 0.2) is 11.5 Å². The molecule has 1 saturated carbocycles. The fraction of sp³-hybridized carbons (Fsp3) is 0.385. The number of rotatable bonds is 8. The number of halogens is 1. The number of benzene rings is 2. The van der Waals surface area contributed by atoms with Crippen molar-refractivity contribution in [3.05, 3.63) is 65.7 Å². The first-order valence-electron chi connectivity index (χ1n) is 11.5. The number of para-hydroxylation sites is 2. The van der Waals surface area contributed by atoms with Gasteiger partial charge >= 0.3 is 0 Å². The van der Waals surface area contributed by atoms with Crippen molar-refractivity contribution < 1.29 is 18.7 Å². The highest BCUT2D eigenvalue weighted by Crippen LogP contribution is 2.35. The molecule has 2 aromatic rings. The number of nitrogens with zero attached hydrogens (tertiary/aromatic N) is 1. The van der Waals surface area contributed by atoms with Gasteiger partial charge in [-0.1, -0.05) is 49.6 Å². The Labute approximate surface area is 198 Å². The van der Waals surface area contributed by atoms with E-state index >= 15 is 0 Å². The maximum absolute atomic E-state index is 14.1. The first-order valence-corrected chi connectivity index (χ1v) is 12.6. The zero-order chi connectivity index (χ0) is 23.0. The molecular formula is C26H29FN2O3S. The maximum atomic E-state index is 14.1. The topological polar surface area (TPSA) is 58.6 Å². The molecule has 0 bridgehead atoms. The zero-order valence-corrected chi connectivity index (χ0v) is 19.4. The van der Waals surface area contributed by atoms with Gasteiger partial charge in [-0.25, -0.2) is 4.39 Å². The van der Waals surface area contributed by atoms with Gasteiger partial charge in [-0.05, 0) is 49.3 Å². The van der Waals surface area contributed by atoms with Gasteiger partial charge in [-0.15, -0.1) is 0 Å². The lowest BCUT2D eigenvalue weighted by Crippen LogP contribution is -2.44. The van der Waals surface area contributed by atoms with Gasteiger partial charge in [0.25, 0.3) is 5.91 Å². The van der Waals surface area contributed by atoms with Crippen molar-refractivity contribution in [2.24, 2.45) is 0 Å². The van der Waals surface area contributed by atoms with E-state index in [4.69, 9.17) is 4.74 Å². The van der Waals surface area contributed by atoms with Gasteiger partial charge in [-0.2, -0.15) is 11.8 Å². The minimum atomic E-state index is -0.472. The van der Waals surface area contributed by atoms with Crippen molar-refractivity contribution in [1.29, 1.82) is 0 Å². The van der Waals surface area contributed by atoms with E-state index in [1.165, 1.54) is 49.1 Å². The summed E-state index contributed by atoms with van der Waals surface area (Å²) in [5, 5.41) is 3.69. The zero-order valence-electron chi connectivity index (χ0n) is 18.6. The molecule has 33 heavy (non-hydrogen) atoms. The van der Waals surface area contributed by atoms with Gasteiger partial charge in [0.2, 0.25) is 5.91 Å². The molecule has 0 spiro atoms. The molecule has 0 atom stereocenters. The van der Waals surface area contributed by atoms with Gasteiger partial charge in [0.1, 0.15) is 12.4 Å². The number of nitrogens with one attached hydrogen (secondary N) is 1. The third-order valence-corrected chi connectivity index (χ3v) is 7.34. The number of ether oxygens (including phenoxy) is 1. The lowest BCUT2D eigenvalue weighted by Gasteiger charge is -2.30. The molecule has 1 heterocycles. The Kier molecular flexibility index (Phi) is 8.05. The molecular weight excluding hydrogens is 439 g/mol. The van der Waals surface area contributed by atoms with Crippen LogP contribution in [-0.2, 0) is 9.59 Å². The van der Waals surface area contributed by atoms with Gasteiger partial charge < -0.3 is 10.1 Å². The van der Waals surface area contributed by atoms with Crippen LogP contribution in [0.5, 0.6) is 5.75 Å². The van der Waals surface area contributed by atoms with E-state index in [2.05, 4.69) is 5.32 Å². The van der Waals surface area contributed by atoms with Crippen molar-refractivity contribution in [3.63, 3.8) is 0 Å². The van der Waals surface area contributed by atoms with Crippen molar-refractivity contribution in [2.45, 2.75) is 43.8 Å². The lowest BCUT2D eigenvalue weighted by molar-refractivity contribution is -0.123. The summed E-state index contributed by atoms with van der Waals surface area (Å²) in [7, 11) is 0. The third kappa shape index (κ3) is 6.16. The number of thioether (sulfide) groups is 1. The summed E-state index contributed by atoms with van der Waals surface area (Å²) in [5.74, 6) is 0.315. The standard InChI is InChI=1S/C26H29FN2O3S/c27-21-12-5-4-9-19(21)17-24-26(31)29(22-13-6-7-14-23(22)32-24)18-25(30)28-15-8-16-33-20-10-2-1-3-11-20/h4-7,9,12-14,17,20H,1-3,8,10-11,15-16,18H2,(H,28,30)/b24-17+. The fourth-order valence-electron chi connectivity index (χ4n) is 4.13. The van der Waals surface area contributed by atoms with Crippen molar-refractivity contribution in [2.75, 3.05) is 23.7 Å². The van der Waals surface area contributed by atoms with Crippen LogP contribution in [0.15, 0.2) is 54.3 Å². The van der Waals surface area contributed by atoms with E-state index < -0.39 is 11.7 Å². The van der Waals surface area contributed by atoms with E-state index in [0.29, 0.717) is 18.0 Å². The van der Waals surface area contributed by atoms with Crippen molar-refractivity contribution >= 4 is 35.3 Å². The lowest BCUT2D eigenvalue weighted by atomic mass is 10.0. The monoisotopic (exact) mass is 468 g/mol. The molecule has 0 aromatic heterocycles. The average Bonchev–Trinajstić information content (AvgIpc) is 2.83. The van der Waals surface area contributed by atoms with Gasteiger partial charge in [-0.3, -0.25) is 14.5 Å². The molecule has 174 valence electrons. The Morgan fingerprint density at radius 1 is 1.12 bits per heavy atom. The summed E-state index contributed by atoms with van der Waals surface area (Å²) in [6.07, 6.45) is 8.90. The van der Waals surface area contributed by atoms with Gasteiger partial charge in [0.05, 0.1) is 5.69 Å². The quantitative estimate of drug-likeness (QED) is 0.429. The third-order valence-electron chi connectivity index (χ3n) is 5.87. The number of fused-ring (bicyclic) bond motifs is 1. The molecule has 5 nitrogen and oxygen atoms in total. The molecule has 2 amide bonds. The summed E-state index contributed by atoms with van der Waals surface area (Å²) < 4.78 is 19.9.